The van der Waals surface area contributed by atoms with Gasteiger partial charge in [0.05, 0.1) is 0 Å². The highest BCUT2D eigenvalue weighted by Gasteiger charge is 2.39. The normalized spacial score (nSPS) is 43.9. The Morgan fingerprint density at radius 3 is 2.09 bits per heavy atom. The summed E-state index contributed by atoms with van der Waals surface area (Å²) in [5.41, 5.74) is 0.529. The molecule has 0 aromatic rings. The zero-order valence-corrected chi connectivity index (χ0v) is 10.6. The number of hydrogen-bond acceptors (Lipinski definition) is 0. The van der Waals surface area contributed by atoms with E-state index in [9.17, 15) is 0 Å². The van der Waals surface area contributed by atoms with Crippen LogP contribution in [0.5, 0.6) is 0 Å². The van der Waals surface area contributed by atoms with E-state index in [2.05, 4.69) is 52.6 Å². The molecule has 66 valence electrons. The van der Waals surface area contributed by atoms with Crippen LogP contribution in [0.1, 0.15) is 40.0 Å². The Kier molecular flexibility index (Phi) is 2.76. The van der Waals surface area contributed by atoms with Crippen LogP contribution in [-0.4, -0.2) is 9.15 Å². The molecule has 0 unspecified atom stereocenters. The third-order valence-electron chi connectivity index (χ3n) is 2.68. The van der Waals surface area contributed by atoms with Crippen molar-refractivity contribution in [2.45, 2.75) is 49.2 Å². The van der Waals surface area contributed by atoms with E-state index in [-0.39, 0.29) is 0 Å². The minimum Gasteiger partial charge on any atom is -0.0875 e. The molecule has 2 heteroatoms. The molecule has 1 aliphatic rings. The van der Waals surface area contributed by atoms with Gasteiger partial charge in [-0.3, -0.25) is 0 Å². The van der Waals surface area contributed by atoms with Crippen LogP contribution in [-0.2, 0) is 0 Å². The minimum atomic E-state index is 0.322. The first kappa shape index (κ1) is 10.0. The maximum absolute atomic E-state index is 3.76. The first-order valence-corrected chi connectivity index (χ1v) is 5.87. The van der Waals surface area contributed by atoms with E-state index in [1.807, 2.05) is 0 Å². The van der Waals surface area contributed by atoms with Crippen molar-refractivity contribution >= 4 is 31.9 Å². The van der Waals surface area contributed by atoms with E-state index < -0.39 is 0 Å². The predicted octanol–water partition coefficient (Wildman–Crippen LogP) is 4.11. The fourth-order valence-corrected chi connectivity index (χ4v) is 3.00. The molecule has 1 fully saturated rings. The van der Waals surface area contributed by atoms with Gasteiger partial charge in [0.2, 0.25) is 0 Å². The van der Waals surface area contributed by atoms with Crippen LogP contribution in [0.3, 0.4) is 0 Å². The second-order valence-electron chi connectivity index (χ2n) is 4.61. The number of alkyl halides is 2. The zero-order chi connectivity index (χ0) is 8.70. The zero-order valence-electron chi connectivity index (χ0n) is 7.45. The maximum Gasteiger partial charge on any atom is 0.0355 e. The molecule has 0 amide bonds. The van der Waals surface area contributed by atoms with Gasteiger partial charge in [-0.05, 0) is 31.6 Å². The first-order valence-electron chi connectivity index (χ1n) is 4.16. The number of hydrogen-bond donors (Lipinski definition) is 0. The van der Waals surface area contributed by atoms with Crippen LogP contribution in [0, 0.1) is 5.41 Å². The highest BCUT2D eigenvalue weighted by atomic mass is 79.9. The molecule has 0 nitrogen and oxygen atoms in total. The molecule has 2 atom stereocenters. The van der Waals surface area contributed by atoms with Crippen molar-refractivity contribution in [3.63, 3.8) is 0 Å². The highest BCUT2D eigenvalue weighted by Crippen LogP contribution is 2.47. The van der Waals surface area contributed by atoms with Gasteiger partial charge in [0, 0.05) is 9.15 Å². The Morgan fingerprint density at radius 2 is 1.73 bits per heavy atom. The monoisotopic (exact) mass is 282 g/mol. The van der Waals surface area contributed by atoms with Gasteiger partial charge in [0.15, 0.2) is 0 Å². The smallest absolute Gasteiger partial charge is 0.0355 e. The van der Waals surface area contributed by atoms with Crippen LogP contribution in [0.2, 0.25) is 0 Å². The van der Waals surface area contributed by atoms with Gasteiger partial charge < -0.3 is 0 Å². The topological polar surface area (TPSA) is 0 Å². The summed E-state index contributed by atoms with van der Waals surface area (Å²) in [5, 5.41) is 0. The third kappa shape index (κ3) is 2.45. The lowest BCUT2D eigenvalue weighted by atomic mass is 9.73. The van der Waals surface area contributed by atoms with E-state index >= 15 is 0 Å². The molecule has 1 rings (SSSR count). The van der Waals surface area contributed by atoms with Crippen molar-refractivity contribution in [3.8, 4) is 0 Å². The van der Waals surface area contributed by atoms with Crippen molar-refractivity contribution < 1.29 is 0 Å². The molecule has 0 aromatic heterocycles. The fraction of sp³-hybridized carbons (Fsp3) is 1.00. The Bertz CT molecular complexity index is 150. The van der Waals surface area contributed by atoms with E-state index in [0.29, 0.717) is 14.6 Å². The largest absolute Gasteiger partial charge is 0.0875 e. The van der Waals surface area contributed by atoms with E-state index in [0.717, 1.165) is 0 Å². The summed E-state index contributed by atoms with van der Waals surface area (Å²) in [7, 11) is 0. The summed E-state index contributed by atoms with van der Waals surface area (Å²) in [6.07, 6.45) is 3.88. The van der Waals surface area contributed by atoms with E-state index in [4.69, 9.17) is 0 Å². The first-order chi connectivity index (χ1) is 4.83. The Labute approximate surface area is 86.4 Å². The summed E-state index contributed by atoms with van der Waals surface area (Å²) < 4.78 is 0.322. The van der Waals surface area contributed by atoms with Gasteiger partial charge in [0.1, 0.15) is 0 Å². The Morgan fingerprint density at radius 1 is 1.18 bits per heavy atom. The lowest BCUT2D eigenvalue weighted by Crippen LogP contribution is -2.38. The van der Waals surface area contributed by atoms with Gasteiger partial charge in [-0.25, -0.2) is 0 Å². The summed E-state index contributed by atoms with van der Waals surface area (Å²) in [4.78, 5) is 0.624. The second-order valence-corrected chi connectivity index (χ2v) is 7.53. The summed E-state index contributed by atoms with van der Waals surface area (Å²) >= 11 is 7.50. The summed E-state index contributed by atoms with van der Waals surface area (Å²) in [6.45, 7) is 6.98. The molecule has 1 saturated carbocycles. The maximum atomic E-state index is 3.76. The number of rotatable bonds is 0. The van der Waals surface area contributed by atoms with Gasteiger partial charge >= 0.3 is 0 Å². The van der Waals surface area contributed by atoms with Crippen LogP contribution < -0.4 is 0 Å². The van der Waals surface area contributed by atoms with Crippen molar-refractivity contribution in [1.29, 1.82) is 0 Å². The van der Waals surface area contributed by atoms with Crippen molar-refractivity contribution in [3.05, 3.63) is 0 Å². The predicted molar refractivity (Wildman–Crippen MR) is 57.7 cm³/mol. The Balaban J connectivity index is 2.63. The molecular weight excluding hydrogens is 268 g/mol. The van der Waals surface area contributed by atoms with Crippen molar-refractivity contribution in [2.75, 3.05) is 0 Å². The number of halogens is 2. The van der Waals surface area contributed by atoms with Crippen LogP contribution >= 0.6 is 31.9 Å². The third-order valence-corrected chi connectivity index (χ3v) is 5.57. The van der Waals surface area contributed by atoms with Crippen molar-refractivity contribution in [2.24, 2.45) is 5.41 Å². The molecule has 0 heterocycles. The Hall–Kier alpha value is 0.960. The molecule has 0 spiro atoms. The van der Waals surface area contributed by atoms with Gasteiger partial charge in [0.25, 0.3) is 0 Å². The molecule has 0 bridgehead atoms. The molecule has 0 saturated heterocycles. The average Bonchev–Trinajstić information content (AvgIpc) is 1.81. The van der Waals surface area contributed by atoms with Gasteiger partial charge in [-0.2, -0.15) is 0 Å². The van der Waals surface area contributed by atoms with E-state index in [1.54, 1.807) is 0 Å². The molecule has 1 aliphatic carbocycles. The minimum absolute atomic E-state index is 0.322. The highest BCUT2D eigenvalue weighted by molar-refractivity contribution is 9.12. The molecule has 0 radical (unpaired) electrons. The lowest BCUT2D eigenvalue weighted by molar-refractivity contribution is 0.229. The van der Waals surface area contributed by atoms with Crippen LogP contribution in [0.15, 0.2) is 0 Å². The molecule has 0 aliphatic heterocycles. The lowest BCUT2D eigenvalue weighted by Gasteiger charge is -2.42. The molecule has 0 N–H and O–H groups in total. The van der Waals surface area contributed by atoms with Gasteiger partial charge in [-0.1, -0.05) is 45.7 Å². The van der Waals surface area contributed by atoms with Gasteiger partial charge in [-0.15, -0.1) is 0 Å². The SMILES string of the molecule is CC1(C)CC[C@](C)(Br)[C@@H](Br)C1. The van der Waals surface area contributed by atoms with Crippen LogP contribution in [0.4, 0.5) is 0 Å². The average molecular weight is 284 g/mol. The van der Waals surface area contributed by atoms with Crippen LogP contribution in [0.25, 0.3) is 0 Å². The second kappa shape index (κ2) is 3.02. The molecule has 11 heavy (non-hydrogen) atoms. The van der Waals surface area contributed by atoms with Crippen molar-refractivity contribution in [1.82, 2.24) is 0 Å². The van der Waals surface area contributed by atoms with E-state index in [1.165, 1.54) is 19.3 Å². The molecular formula is C9H16Br2. The molecule has 0 aromatic carbocycles. The fourth-order valence-electron chi connectivity index (χ4n) is 1.54. The summed E-state index contributed by atoms with van der Waals surface area (Å²) in [5.74, 6) is 0. The standard InChI is InChI=1S/C9H16Br2/c1-8(2)4-5-9(3,11)7(10)6-8/h7H,4-6H2,1-3H3/t7-,9-/m0/s1. The summed E-state index contributed by atoms with van der Waals surface area (Å²) in [6, 6.07) is 0. The quantitative estimate of drug-likeness (QED) is 0.587.